The van der Waals surface area contributed by atoms with Gasteiger partial charge in [-0.3, -0.25) is 37.3 Å². The highest BCUT2D eigenvalue weighted by molar-refractivity contribution is 7.47. The van der Waals surface area contributed by atoms with Crippen LogP contribution in [-0.4, -0.2) is 96.7 Å². The number of phosphoric acid groups is 2. The zero-order chi connectivity index (χ0) is 71.9. The summed E-state index contributed by atoms with van der Waals surface area (Å²) in [5.74, 6) is -1.26. The molecule has 0 bridgehead atoms. The van der Waals surface area contributed by atoms with Crippen molar-refractivity contribution in [2.24, 2.45) is 5.92 Å². The molecule has 0 radical (unpaired) electrons. The second-order valence-electron chi connectivity index (χ2n) is 28.7. The number of rotatable bonds is 79. The summed E-state index contributed by atoms with van der Waals surface area (Å²) in [6.45, 7) is 7.35. The van der Waals surface area contributed by atoms with Gasteiger partial charge in [0.2, 0.25) is 0 Å². The van der Waals surface area contributed by atoms with Gasteiger partial charge >= 0.3 is 39.5 Å². The number of esters is 4. The lowest BCUT2D eigenvalue weighted by Crippen LogP contribution is -2.30. The molecule has 0 aromatic rings. The highest BCUT2D eigenvalue weighted by Crippen LogP contribution is 2.45. The van der Waals surface area contributed by atoms with E-state index in [0.29, 0.717) is 25.7 Å². The highest BCUT2D eigenvalue weighted by Gasteiger charge is 2.30. The molecule has 0 saturated heterocycles. The number of carbonyl (C=O) groups excluding carboxylic acids is 4. The molecular formula is C79H154O17P2. The Morgan fingerprint density at radius 1 is 0.286 bits per heavy atom. The predicted molar refractivity (Wildman–Crippen MR) is 400 cm³/mol. The molecule has 0 rings (SSSR count). The molecule has 0 amide bonds. The van der Waals surface area contributed by atoms with Crippen LogP contribution in [0.3, 0.4) is 0 Å². The molecule has 0 aliphatic carbocycles. The zero-order valence-corrected chi connectivity index (χ0v) is 65.7. The van der Waals surface area contributed by atoms with Crippen LogP contribution in [-0.2, 0) is 65.4 Å². The fourth-order valence-electron chi connectivity index (χ4n) is 12.2. The van der Waals surface area contributed by atoms with Gasteiger partial charge < -0.3 is 33.8 Å². The molecule has 0 aromatic heterocycles. The number of phosphoric ester groups is 2. The second-order valence-corrected chi connectivity index (χ2v) is 31.6. The van der Waals surface area contributed by atoms with Gasteiger partial charge in [0.25, 0.3) is 0 Å². The molecule has 0 spiro atoms. The molecule has 19 heteroatoms. The van der Waals surface area contributed by atoms with Gasteiger partial charge in [0.05, 0.1) is 26.4 Å². The van der Waals surface area contributed by atoms with E-state index in [1.54, 1.807) is 0 Å². The molecule has 3 unspecified atom stereocenters. The summed E-state index contributed by atoms with van der Waals surface area (Å²) >= 11 is 0. The van der Waals surface area contributed by atoms with E-state index in [-0.39, 0.29) is 25.7 Å². The van der Waals surface area contributed by atoms with Crippen LogP contribution in [0, 0.1) is 5.92 Å². The molecule has 0 aliphatic rings. The van der Waals surface area contributed by atoms with E-state index < -0.39 is 97.5 Å². The van der Waals surface area contributed by atoms with E-state index in [0.717, 1.165) is 102 Å². The largest absolute Gasteiger partial charge is 0.472 e. The Morgan fingerprint density at radius 2 is 0.490 bits per heavy atom. The normalized spacial score (nSPS) is 14.2. The van der Waals surface area contributed by atoms with Crippen molar-refractivity contribution >= 4 is 39.5 Å². The van der Waals surface area contributed by atoms with Gasteiger partial charge in [-0.25, -0.2) is 9.13 Å². The third-order valence-corrected chi connectivity index (χ3v) is 20.8. The van der Waals surface area contributed by atoms with Crippen LogP contribution in [0.25, 0.3) is 0 Å². The van der Waals surface area contributed by atoms with Crippen LogP contribution in [0.15, 0.2) is 0 Å². The third-order valence-electron chi connectivity index (χ3n) is 18.9. The first-order chi connectivity index (χ1) is 47.6. The lowest BCUT2D eigenvalue weighted by atomic mass is 9.99. The minimum atomic E-state index is -4.96. The number of unbranched alkanes of at least 4 members (excludes halogenated alkanes) is 50. The predicted octanol–water partition coefficient (Wildman–Crippen LogP) is 23.6. The van der Waals surface area contributed by atoms with E-state index >= 15 is 0 Å². The lowest BCUT2D eigenvalue weighted by molar-refractivity contribution is -0.161. The average molecular weight is 1440 g/mol. The minimum Gasteiger partial charge on any atom is -0.462 e. The summed E-state index contributed by atoms with van der Waals surface area (Å²) in [6.07, 6.45) is 62.3. The van der Waals surface area contributed by atoms with Gasteiger partial charge in [-0.05, 0) is 31.6 Å². The van der Waals surface area contributed by atoms with Crippen molar-refractivity contribution < 1.29 is 80.2 Å². The summed E-state index contributed by atoms with van der Waals surface area (Å²) < 4.78 is 68.6. The number of hydrogen-bond acceptors (Lipinski definition) is 15. The quantitative estimate of drug-likeness (QED) is 0.0222. The minimum absolute atomic E-state index is 0.108. The van der Waals surface area contributed by atoms with Crippen molar-refractivity contribution in [1.82, 2.24) is 0 Å². The maximum absolute atomic E-state index is 13.1. The Bertz CT molecular complexity index is 1880. The van der Waals surface area contributed by atoms with Crippen LogP contribution in [0.4, 0.5) is 0 Å². The number of aliphatic hydroxyl groups excluding tert-OH is 1. The summed E-state index contributed by atoms with van der Waals surface area (Å²) in [5, 5.41) is 10.6. The Morgan fingerprint density at radius 3 is 0.724 bits per heavy atom. The molecule has 582 valence electrons. The second kappa shape index (κ2) is 72.0. The van der Waals surface area contributed by atoms with Gasteiger partial charge in [0.15, 0.2) is 12.2 Å². The molecule has 3 N–H and O–H groups in total. The monoisotopic (exact) mass is 1440 g/mol. The van der Waals surface area contributed by atoms with Crippen LogP contribution in [0.2, 0.25) is 0 Å². The molecule has 6 atom stereocenters. The first kappa shape index (κ1) is 96.1. The zero-order valence-electron chi connectivity index (χ0n) is 63.9. The van der Waals surface area contributed by atoms with Crippen molar-refractivity contribution in [2.75, 3.05) is 39.6 Å². The molecule has 98 heavy (non-hydrogen) atoms. The van der Waals surface area contributed by atoms with E-state index in [2.05, 4.69) is 34.6 Å². The van der Waals surface area contributed by atoms with E-state index in [1.807, 2.05) is 0 Å². The maximum atomic E-state index is 13.1. The molecule has 0 fully saturated rings. The van der Waals surface area contributed by atoms with E-state index in [4.69, 9.17) is 37.0 Å². The Labute approximate surface area is 600 Å². The summed E-state index contributed by atoms with van der Waals surface area (Å²) in [7, 11) is -9.91. The molecule has 17 nitrogen and oxygen atoms in total. The smallest absolute Gasteiger partial charge is 0.462 e. The summed E-state index contributed by atoms with van der Waals surface area (Å²) in [4.78, 5) is 72.9. The van der Waals surface area contributed by atoms with Crippen LogP contribution >= 0.6 is 15.6 Å². The number of ether oxygens (including phenoxy) is 4. The Balaban J connectivity index is 5.21. The molecule has 0 saturated carbocycles. The third kappa shape index (κ3) is 71.1. The number of hydrogen-bond donors (Lipinski definition) is 3. The lowest BCUT2D eigenvalue weighted by Gasteiger charge is -2.21. The van der Waals surface area contributed by atoms with Gasteiger partial charge in [-0.2, -0.15) is 0 Å². The Hall–Kier alpha value is -1.94. The fraction of sp³-hybridized carbons (Fsp3) is 0.949. The van der Waals surface area contributed by atoms with Crippen molar-refractivity contribution in [2.45, 2.75) is 438 Å². The number of carbonyl (C=O) groups is 4. The SMILES string of the molecule is CCCCCCCCCCCCCCCCCCCC(=O)OC[C@H](COP(=O)(O)OC[C@@H](O)COP(=O)(O)OC[C@@H](COC(=O)CCCCCCCCCC)OC(=O)CCCCCCCCCCCCCCCCC)OC(=O)CCCCCCCCCCCCCCCCC(C)CC. The van der Waals surface area contributed by atoms with Gasteiger partial charge in [0, 0.05) is 25.7 Å². The number of aliphatic hydroxyl groups is 1. The molecule has 0 aromatic carbocycles. The van der Waals surface area contributed by atoms with Gasteiger partial charge in [0.1, 0.15) is 19.3 Å². The first-order valence-corrected chi connectivity index (χ1v) is 44.2. The van der Waals surface area contributed by atoms with Crippen LogP contribution < -0.4 is 0 Å². The van der Waals surface area contributed by atoms with Crippen molar-refractivity contribution in [1.29, 1.82) is 0 Å². The highest BCUT2D eigenvalue weighted by atomic mass is 31.2. The fourth-order valence-corrected chi connectivity index (χ4v) is 13.8. The van der Waals surface area contributed by atoms with E-state index in [1.165, 1.54) is 238 Å². The first-order valence-electron chi connectivity index (χ1n) is 41.2. The van der Waals surface area contributed by atoms with E-state index in [9.17, 15) is 43.2 Å². The van der Waals surface area contributed by atoms with Crippen molar-refractivity contribution in [3.8, 4) is 0 Å². The topological polar surface area (TPSA) is 237 Å². The van der Waals surface area contributed by atoms with Gasteiger partial charge in [-0.1, -0.05) is 369 Å². The van der Waals surface area contributed by atoms with Crippen LogP contribution in [0.5, 0.6) is 0 Å². The Kier molecular flexibility index (Phi) is 70.6. The molecular weight excluding hydrogens is 1280 g/mol. The molecule has 0 aliphatic heterocycles. The van der Waals surface area contributed by atoms with Crippen LogP contribution in [0.1, 0.15) is 420 Å². The van der Waals surface area contributed by atoms with Crippen molar-refractivity contribution in [3.05, 3.63) is 0 Å². The van der Waals surface area contributed by atoms with Crippen molar-refractivity contribution in [3.63, 3.8) is 0 Å². The maximum Gasteiger partial charge on any atom is 0.472 e. The summed E-state index contributed by atoms with van der Waals surface area (Å²) in [5.41, 5.74) is 0. The standard InChI is InChI=1S/C79H154O17P2/c1-6-10-13-16-19-22-24-26-28-29-31-35-39-43-48-53-58-63-77(82)90-69-75(96-79(84)65-60-55-50-45-41-37-33-32-34-38-42-46-51-56-61-72(5)9-4)71-94-98(87,88)92-67-73(80)66-91-97(85,86)93-70-74(68-89-76(81)62-57-52-47-21-18-15-12-8-3)95-78(83)64-59-54-49-44-40-36-30-27-25-23-20-17-14-11-7-2/h72-75,80H,6-71H2,1-5H3,(H,85,86)(H,87,88)/t72?,73-,74+,75+/m0/s1. The average Bonchev–Trinajstić information content (AvgIpc) is 1.04. The molecule has 0 heterocycles. The van der Waals surface area contributed by atoms with Gasteiger partial charge in [-0.15, -0.1) is 0 Å². The summed E-state index contributed by atoms with van der Waals surface area (Å²) in [6, 6.07) is 0.